The average molecular weight is 427 g/mol. The van der Waals surface area contributed by atoms with Crippen molar-refractivity contribution >= 4 is 32.8 Å². The van der Waals surface area contributed by atoms with Crippen LogP contribution in [0, 0.1) is 0 Å². The van der Waals surface area contributed by atoms with E-state index in [4.69, 9.17) is 10.1 Å². The predicted molar refractivity (Wildman–Crippen MR) is 110 cm³/mol. The van der Waals surface area contributed by atoms with Crippen molar-refractivity contribution in [3.63, 3.8) is 0 Å². The Kier molecular flexibility index (Phi) is 4.36. The van der Waals surface area contributed by atoms with Gasteiger partial charge in [0.15, 0.2) is 0 Å². The first-order valence-corrected chi connectivity index (χ1v) is 10.4. The van der Waals surface area contributed by atoms with Crippen molar-refractivity contribution in [2.24, 2.45) is 7.05 Å². The lowest BCUT2D eigenvalue weighted by Gasteiger charge is -2.34. The van der Waals surface area contributed by atoms with Crippen LogP contribution in [0.15, 0.2) is 28.9 Å². The SMILES string of the molecule is Cn1nc(CN2CCN(c3ncc4cc(Br)ccc4n3)CC2)c2c1CCC2. The molecule has 27 heavy (non-hydrogen) atoms. The molecule has 2 aliphatic rings. The van der Waals surface area contributed by atoms with E-state index in [1.54, 1.807) is 0 Å². The van der Waals surface area contributed by atoms with Crippen LogP contribution in [0.1, 0.15) is 23.4 Å². The van der Waals surface area contributed by atoms with Crippen LogP contribution in [0.4, 0.5) is 5.95 Å². The maximum absolute atomic E-state index is 4.78. The van der Waals surface area contributed by atoms with E-state index in [9.17, 15) is 0 Å². The number of rotatable bonds is 3. The number of fused-ring (bicyclic) bond motifs is 2. The van der Waals surface area contributed by atoms with E-state index >= 15 is 0 Å². The van der Waals surface area contributed by atoms with Gasteiger partial charge in [-0.1, -0.05) is 15.9 Å². The summed E-state index contributed by atoms with van der Waals surface area (Å²) in [4.78, 5) is 14.2. The fourth-order valence-corrected chi connectivity index (χ4v) is 4.67. The Balaban J connectivity index is 1.26. The maximum Gasteiger partial charge on any atom is 0.225 e. The molecule has 5 rings (SSSR count). The maximum atomic E-state index is 4.78. The summed E-state index contributed by atoms with van der Waals surface area (Å²) in [5.41, 5.74) is 5.23. The van der Waals surface area contributed by atoms with Crippen LogP contribution in [-0.4, -0.2) is 50.8 Å². The van der Waals surface area contributed by atoms with Gasteiger partial charge in [-0.05, 0) is 43.0 Å². The largest absolute Gasteiger partial charge is 0.338 e. The molecule has 6 nitrogen and oxygen atoms in total. The molecule has 0 saturated carbocycles. The number of hydrogen-bond donors (Lipinski definition) is 0. The second-order valence-electron chi connectivity index (χ2n) is 7.49. The van der Waals surface area contributed by atoms with E-state index in [2.05, 4.69) is 48.5 Å². The van der Waals surface area contributed by atoms with Gasteiger partial charge in [0.25, 0.3) is 0 Å². The second-order valence-corrected chi connectivity index (χ2v) is 8.40. The number of aromatic nitrogens is 4. The number of anilines is 1. The average Bonchev–Trinajstić information content (AvgIpc) is 3.27. The minimum atomic E-state index is 0.836. The Morgan fingerprint density at radius 3 is 2.81 bits per heavy atom. The first kappa shape index (κ1) is 17.1. The summed E-state index contributed by atoms with van der Waals surface area (Å²) in [5.74, 6) is 0.836. The molecule has 0 radical (unpaired) electrons. The van der Waals surface area contributed by atoms with Crippen LogP contribution in [-0.2, 0) is 26.4 Å². The lowest BCUT2D eigenvalue weighted by molar-refractivity contribution is 0.245. The predicted octanol–water partition coefficient (Wildman–Crippen LogP) is 2.94. The first-order valence-electron chi connectivity index (χ1n) is 9.60. The summed E-state index contributed by atoms with van der Waals surface area (Å²) >= 11 is 3.50. The molecule has 0 atom stereocenters. The third-order valence-electron chi connectivity index (χ3n) is 5.76. The van der Waals surface area contributed by atoms with E-state index < -0.39 is 0 Å². The highest BCUT2D eigenvalue weighted by atomic mass is 79.9. The van der Waals surface area contributed by atoms with Crippen molar-refractivity contribution in [3.05, 3.63) is 45.8 Å². The number of aryl methyl sites for hydroxylation is 1. The van der Waals surface area contributed by atoms with Gasteiger partial charge in [0, 0.05) is 61.5 Å². The summed E-state index contributed by atoms with van der Waals surface area (Å²) in [6, 6.07) is 6.13. The Morgan fingerprint density at radius 1 is 1.11 bits per heavy atom. The monoisotopic (exact) mass is 426 g/mol. The normalized spacial score (nSPS) is 17.6. The Bertz CT molecular complexity index is 990. The van der Waals surface area contributed by atoms with Crippen molar-refractivity contribution in [1.82, 2.24) is 24.6 Å². The molecule has 1 aliphatic heterocycles. The molecule has 1 saturated heterocycles. The van der Waals surface area contributed by atoms with E-state index in [-0.39, 0.29) is 0 Å². The molecular formula is C20H23BrN6. The zero-order chi connectivity index (χ0) is 18.4. The van der Waals surface area contributed by atoms with Gasteiger partial charge >= 0.3 is 0 Å². The second kappa shape index (κ2) is 6.87. The highest BCUT2D eigenvalue weighted by molar-refractivity contribution is 9.10. The number of halogens is 1. The summed E-state index contributed by atoms with van der Waals surface area (Å²) in [7, 11) is 2.08. The molecule has 3 aromatic rings. The fraction of sp³-hybridized carbons (Fsp3) is 0.450. The number of hydrogen-bond acceptors (Lipinski definition) is 5. The van der Waals surface area contributed by atoms with Gasteiger partial charge in [0.05, 0.1) is 11.2 Å². The summed E-state index contributed by atoms with van der Waals surface area (Å²) in [6.45, 7) is 4.91. The van der Waals surface area contributed by atoms with Crippen molar-refractivity contribution in [2.45, 2.75) is 25.8 Å². The van der Waals surface area contributed by atoms with Crippen LogP contribution >= 0.6 is 15.9 Å². The van der Waals surface area contributed by atoms with Crippen LogP contribution < -0.4 is 4.90 Å². The standard InChI is InChI=1S/C20H23BrN6/c1-25-19-4-2-3-16(19)18(24-25)13-26-7-9-27(10-8-26)20-22-12-14-11-15(21)5-6-17(14)23-20/h5-6,11-12H,2-4,7-10,13H2,1H3. The molecule has 1 aliphatic carbocycles. The first-order chi connectivity index (χ1) is 13.2. The van der Waals surface area contributed by atoms with Crippen LogP contribution in [0.25, 0.3) is 10.9 Å². The minimum absolute atomic E-state index is 0.836. The zero-order valence-electron chi connectivity index (χ0n) is 15.5. The molecule has 140 valence electrons. The van der Waals surface area contributed by atoms with Crippen LogP contribution in [0.2, 0.25) is 0 Å². The van der Waals surface area contributed by atoms with Crippen molar-refractivity contribution in [2.75, 3.05) is 31.1 Å². The lowest BCUT2D eigenvalue weighted by atomic mass is 10.2. The highest BCUT2D eigenvalue weighted by Crippen LogP contribution is 2.26. The van der Waals surface area contributed by atoms with Gasteiger partial charge in [-0.2, -0.15) is 5.10 Å². The Morgan fingerprint density at radius 2 is 1.96 bits per heavy atom. The molecule has 0 spiro atoms. The van der Waals surface area contributed by atoms with E-state index in [1.165, 1.54) is 36.2 Å². The summed E-state index contributed by atoms with van der Waals surface area (Å²) in [5, 5.41) is 5.84. The molecule has 1 aromatic carbocycles. The van der Waals surface area contributed by atoms with Crippen molar-refractivity contribution in [1.29, 1.82) is 0 Å². The quantitative estimate of drug-likeness (QED) is 0.644. The summed E-state index contributed by atoms with van der Waals surface area (Å²) in [6.07, 6.45) is 5.58. The van der Waals surface area contributed by atoms with Crippen LogP contribution in [0.3, 0.4) is 0 Å². The van der Waals surface area contributed by atoms with Gasteiger partial charge in [0.1, 0.15) is 0 Å². The van der Waals surface area contributed by atoms with E-state index in [0.29, 0.717) is 0 Å². The Labute approximate surface area is 167 Å². The van der Waals surface area contributed by atoms with Crippen molar-refractivity contribution < 1.29 is 0 Å². The third-order valence-corrected chi connectivity index (χ3v) is 6.25. The third kappa shape index (κ3) is 3.23. The minimum Gasteiger partial charge on any atom is -0.338 e. The smallest absolute Gasteiger partial charge is 0.225 e. The molecule has 1 fully saturated rings. The van der Waals surface area contributed by atoms with Crippen LogP contribution in [0.5, 0.6) is 0 Å². The Hall–Kier alpha value is -1.99. The zero-order valence-corrected chi connectivity index (χ0v) is 17.1. The number of piperazine rings is 1. The highest BCUT2D eigenvalue weighted by Gasteiger charge is 2.24. The van der Waals surface area contributed by atoms with E-state index in [1.807, 2.05) is 18.3 Å². The topological polar surface area (TPSA) is 50.1 Å². The van der Waals surface area contributed by atoms with E-state index in [0.717, 1.165) is 54.0 Å². The molecule has 3 heterocycles. The lowest BCUT2D eigenvalue weighted by Crippen LogP contribution is -2.46. The number of benzene rings is 1. The molecule has 2 aromatic heterocycles. The molecule has 0 unspecified atom stereocenters. The molecule has 0 bridgehead atoms. The van der Waals surface area contributed by atoms with Gasteiger partial charge in [0.2, 0.25) is 5.95 Å². The summed E-state index contributed by atoms with van der Waals surface area (Å²) < 4.78 is 3.15. The van der Waals surface area contributed by atoms with Gasteiger partial charge < -0.3 is 4.90 Å². The molecule has 0 N–H and O–H groups in total. The van der Waals surface area contributed by atoms with Gasteiger partial charge in [-0.15, -0.1) is 0 Å². The molecule has 7 heteroatoms. The number of nitrogens with zero attached hydrogens (tertiary/aromatic N) is 6. The van der Waals surface area contributed by atoms with Gasteiger partial charge in [-0.3, -0.25) is 9.58 Å². The molecule has 0 amide bonds. The van der Waals surface area contributed by atoms with Gasteiger partial charge in [-0.25, -0.2) is 9.97 Å². The van der Waals surface area contributed by atoms with Crippen molar-refractivity contribution in [3.8, 4) is 0 Å². The molecular weight excluding hydrogens is 404 g/mol. The fourth-order valence-electron chi connectivity index (χ4n) is 4.29.